The molecule has 27 heavy (non-hydrogen) atoms. The third kappa shape index (κ3) is 5.08. The zero-order valence-electron chi connectivity index (χ0n) is 15.3. The molecular formula is C20H20FN3OS2. The highest BCUT2D eigenvalue weighted by Gasteiger charge is 2.17. The second-order valence-electron chi connectivity index (χ2n) is 6.20. The highest BCUT2D eigenvalue weighted by atomic mass is 32.2. The number of halogens is 1. The van der Waals surface area contributed by atoms with Gasteiger partial charge in [-0.2, -0.15) is 0 Å². The van der Waals surface area contributed by atoms with Gasteiger partial charge in [0.15, 0.2) is 4.34 Å². The van der Waals surface area contributed by atoms with Gasteiger partial charge in [-0.15, -0.1) is 11.3 Å². The molecule has 0 spiro atoms. The second kappa shape index (κ2) is 8.54. The second-order valence-corrected chi connectivity index (χ2v) is 8.64. The number of nitrogens with zero attached hydrogens (tertiary/aromatic N) is 2. The SMILES string of the molecule is C[C@@H](Sc1nc(-c2ccc(F)cc2)cs1)C(=O)Nc1ccc(N(C)C)cc1. The topological polar surface area (TPSA) is 45.2 Å². The molecule has 1 N–H and O–H groups in total. The molecule has 1 aromatic heterocycles. The Hall–Kier alpha value is -2.38. The van der Waals surface area contributed by atoms with E-state index >= 15 is 0 Å². The maximum atomic E-state index is 13.0. The first-order chi connectivity index (χ1) is 12.9. The predicted molar refractivity (Wildman–Crippen MR) is 112 cm³/mol. The van der Waals surface area contributed by atoms with Crippen molar-refractivity contribution in [3.8, 4) is 11.3 Å². The molecule has 0 bridgehead atoms. The summed E-state index contributed by atoms with van der Waals surface area (Å²) in [5.74, 6) is -0.344. The zero-order chi connectivity index (χ0) is 19.4. The summed E-state index contributed by atoms with van der Waals surface area (Å²) in [4.78, 5) is 19.0. The van der Waals surface area contributed by atoms with Gasteiger partial charge < -0.3 is 10.2 Å². The summed E-state index contributed by atoms with van der Waals surface area (Å²) in [6.07, 6.45) is 0. The minimum Gasteiger partial charge on any atom is -0.378 e. The van der Waals surface area contributed by atoms with Gasteiger partial charge in [0.2, 0.25) is 5.91 Å². The average Bonchev–Trinajstić information content (AvgIpc) is 3.11. The van der Waals surface area contributed by atoms with Crippen LogP contribution in [0.15, 0.2) is 58.3 Å². The number of anilines is 2. The number of amides is 1. The van der Waals surface area contributed by atoms with Gasteiger partial charge in [-0.3, -0.25) is 4.79 Å². The number of nitrogens with one attached hydrogen (secondary N) is 1. The number of rotatable bonds is 6. The smallest absolute Gasteiger partial charge is 0.237 e. The molecule has 4 nitrogen and oxygen atoms in total. The molecule has 3 aromatic rings. The summed E-state index contributed by atoms with van der Waals surface area (Å²) in [6.45, 7) is 1.85. The third-order valence-corrected chi connectivity index (χ3v) is 5.99. The van der Waals surface area contributed by atoms with Gasteiger partial charge in [-0.1, -0.05) is 11.8 Å². The lowest BCUT2D eigenvalue weighted by atomic mass is 10.2. The van der Waals surface area contributed by atoms with Gasteiger partial charge in [0, 0.05) is 36.4 Å². The first-order valence-electron chi connectivity index (χ1n) is 8.39. The molecule has 1 heterocycles. The molecule has 1 atom stereocenters. The summed E-state index contributed by atoms with van der Waals surface area (Å²) >= 11 is 2.89. The molecule has 2 aromatic carbocycles. The molecule has 0 radical (unpaired) electrons. The van der Waals surface area contributed by atoms with E-state index in [1.165, 1.54) is 35.2 Å². The summed E-state index contributed by atoms with van der Waals surface area (Å²) < 4.78 is 13.8. The molecule has 3 rings (SSSR count). The van der Waals surface area contributed by atoms with Crippen LogP contribution < -0.4 is 10.2 Å². The van der Waals surface area contributed by atoms with Gasteiger partial charge in [-0.05, 0) is 55.5 Å². The van der Waals surface area contributed by atoms with Crippen molar-refractivity contribution in [2.45, 2.75) is 16.5 Å². The van der Waals surface area contributed by atoms with Crippen molar-refractivity contribution in [2.24, 2.45) is 0 Å². The quantitative estimate of drug-likeness (QED) is 0.581. The van der Waals surface area contributed by atoms with E-state index in [0.29, 0.717) is 0 Å². The van der Waals surface area contributed by atoms with Crippen molar-refractivity contribution in [3.63, 3.8) is 0 Å². The number of carbonyl (C=O) groups excluding carboxylic acids is 1. The Bertz CT molecular complexity index is 908. The number of hydrogen-bond donors (Lipinski definition) is 1. The van der Waals surface area contributed by atoms with Gasteiger partial charge in [0.25, 0.3) is 0 Å². The molecule has 7 heteroatoms. The van der Waals surface area contributed by atoms with Crippen molar-refractivity contribution in [1.82, 2.24) is 4.98 Å². The lowest BCUT2D eigenvalue weighted by Crippen LogP contribution is -2.22. The Morgan fingerprint density at radius 2 is 1.81 bits per heavy atom. The molecule has 0 saturated carbocycles. The van der Waals surface area contributed by atoms with Crippen LogP contribution in [-0.4, -0.2) is 30.2 Å². The molecule has 140 valence electrons. The highest BCUT2D eigenvalue weighted by Crippen LogP contribution is 2.31. The van der Waals surface area contributed by atoms with Crippen LogP contribution in [0.5, 0.6) is 0 Å². The van der Waals surface area contributed by atoms with Crippen LogP contribution in [0.4, 0.5) is 15.8 Å². The van der Waals surface area contributed by atoms with Gasteiger partial charge in [0.05, 0.1) is 10.9 Å². The number of thioether (sulfide) groups is 1. The normalized spacial score (nSPS) is 11.9. The maximum absolute atomic E-state index is 13.0. The fourth-order valence-electron chi connectivity index (χ4n) is 2.36. The Balaban J connectivity index is 1.60. The van der Waals surface area contributed by atoms with E-state index in [2.05, 4.69) is 10.3 Å². The lowest BCUT2D eigenvalue weighted by molar-refractivity contribution is -0.115. The Kier molecular flexibility index (Phi) is 6.13. The molecule has 0 aliphatic carbocycles. The Labute approximate surface area is 166 Å². The number of hydrogen-bond acceptors (Lipinski definition) is 5. The van der Waals surface area contributed by atoms with Gasteiger partial charge >= 0.3 is 0 Å². The number of benzene rings is 2. The number of aromatic nitrogens is 1. The van der Waals surface area contributed by atoms with E-state index in [0.717, 1.165) is 27.0 Å². The first kappa shape index (κ1) is 19.4. The van der Waals surface area contributed by atoms with Crippen molar-refractivity contribution >= 4 is 40.4 Å². The van der Waals surface area contributed by atoms with E-state index in [1.54, 1.807) is 12.1 Å². The molecule has 0 unspecified atom stereocenters. The van der Waals surface area contributed by atoms with Crippen LogP contribution in [0.1, 0.15) is 6.92 Å². The minimum atomic E-state index is -0.286. The third-order valence-electron chi connectivity index (χ3n) is 3.92. The fraction of sp³-hybridized carbons (Fsp3) is 0.200. The van der Waals surface area contributed by atoms with E-state index in [1.807, 2.05) is 55.6 Å². The van der Waals surface area contributed by atoms with Crippen LogP contribution in [0.3, 0.4) is 0 Å². The van der Waals surface area contributed by atoms with Crippen LogP contribution in [0.25, 0.3) is 11.3 Å². The number of thiazole rings is 1. The fourth-order valence-corrected chi connectivity index (χ4v) is 4.33. The molecular weight excluding hydrogens is 381 g/mol. The maximum Gasteiger partial charge on any atom is 0.237 e. The summed E-state index contributed by atoms with van der Waals surface area (Å²) in [6, 6.07) is 13.9. The molecule has 0 aliphatic heterocycles. The molecule has 0 aliphatic rings. The van der Waals surface area contributed by atoms with E-state index in [-0.39, 0.29) is 17.0 Å². The molecule has 1 amide bonds. The van der Waals surface area contributed by atoms with Crippen molar-refractivity contribution in [3.05, 3.63) is 59.7 Å². The van der Waals surface area contributed by atoms with Crippen molar-refractivity contribution in [1.29, 1.82) is 0 Å². The van der Waals surface area contributed by atoms with Crippen LogP contribution in [-0.2, 0) is 4.79 Å². The van der Waals surface area contributed by atoms with Gasteiger partial charge in [0.1, 0.15) is 5.82 Å². The Morgan fingerprint density at radius 1 is 1.15 bits per heavy atom. The minimum absolute atomic E-state index is 0.0730. The lowest BCUT2D eigenvalue weighted by Gasteiger charge is -2.14. The van der Waals surface area contributed by atoms with Crippen LogP contribution in [0, 0.1) is 5.82 Å². The zero-order valence-corrected chi connectivity index (χ0v) is 16.9. The summed E-state index contributed by atoms with van der Waals surface area (Å²) in [7, 11) is 3.95. The molecule has 0 saturated heterocycles. The average molecular weight is 402 g/mol. The van der Waals surface area contributed by atoms with Crippen molar-refractivity contribution < 1.29 is 9.18 Å². The summed E-state index contributed by atoms with van der Waals surface area (Å²) in [5.41, 5.74) is 3.49. The van der Waals surface area contributed by atoms with Crippen LogP contribution in [0.2, 0.25) is 0 Å². The number of carbonyl (C=O) groups is 1. The first-order valence-corrected chi connectivity index (χ1v) is 10.1. The predicted octanol–water partition coefficient (Wildman–Crippen LogP) is 5.13. The van der Waals surface area contributed by atoms with E-state index in [4.69, 9.17) is 0 Å². The largest absolute Gasteiger partial charge is 0.378 e. The van der Waals surface area contributed by atoms with E-state index < -0.39 is 0 Å². The van der Waals surface area contributed by atoms with Gasteiger partial charge in [-0.25, -0.2) is 9.37 Å². The molecule has 0 fully saturated rings. The van der Waals surface area contributed by atoms with E-state index in [9.17, 15) is 9.18 Å². The van der Waals surface area contributed by atoms with Crippen LogP contribution >= 0.6 is 23.1 Å². The highest BCUT2D eigenvalue weighted by molar-refractivity contribution is 8.02. The summed E-state index contributed by atoms with van der Waals surface area (Å²) in [5, 5.41) is 4.56. The standard InChI is InChI=1S/C20H20FN3OS2/c1-13(19(25)22-16-8-10-17(11-9-16)24(2)3)27-20-23-18(12-26-20)14-4-6-15(21)7-5-14/h4-13H,1-3H3,(H,22,25)/t13-/m1/s1. The van der Waals surface area contributed by atoms with Crippen molar-refractivity contribution in [2.75, 3.05) is 24.3 Å². The monoisotopic (exact) mass is 401 g/mol. The Morgan fingerprint density at radius 3 is 2.44 bits per heavy atom.